The van der Waals surface area contributed by atoms with Gasteiger partial charge in [-0.3, -0.25) is 0 Å². The molecule has 0 radical (unpaired) electrons. The second-order valence-corrected chi connectivity index (χ2v) is 6.65. The van der Waals surface area contributed by atoms with Crippen molar-refractivity contribution in [2.24, 2.45) is 0 Å². The van der Waals surface area contributed by atoms with Gasteiger partial charge in [0.25, 0.3) is 0 Å². The second-order valence-electron chi connectivity index (χ2n) is 5.81. The van der Waals surface area contributed by atoms with Crippen LogP contribution in [-0.2, 0) is 6.61 Å². The normalized spacial score (nSPS) is 10.4. The lowest BCUT2D eigenvalue weighted by Gasteiger charge is -2.11. The highest BCUT2D eigenvalue weighted by molar-refractivity contribution is 6.32. The van der Waals surface area contributed by atoms with Crippen LogP contribution in [0.4, 0.5) is 5.95 Å². The quantitative estimate of drug-likeness (QED) is 0.477. The van der Waals surface area contributed by atoms with E-state index < -0.39 is 5.97 Å². The lowest BCUT2D eigenvalue weighted by Crippen LogP contribution is -2.16. The minimum Gasteiger partial charge on any atom is -0.492 e. The third-order valence-electron chi connectivity index (χ3n) is 3.77. The topological polar surface area (TPSA) is 93.6 Å². The lowest BCUT2D eigenvalue weighted by molar-refractivity contribution is 0.0692. The number of carboxylic acids is 1. The van der Waals surface area contributed by atoms with E-state index in [-0.39, 0.29) is 23.8 Å². The van der Waals surface area contributed by atoms with E-state index in [9.17, 15) is 9.90 Å². The first-order chi connectivity index (χ1) is 14.0. The molecule has 0 fully saturated rings. The fourth-order valence-corrected chi connectivity index (χ4v) is 2.68. The van der Waals surface area contributed by atoms with Gasteiger partial charge in [-0.25, -0.2) is 14.8 Å². The van der Waals surface area contributed by atoms with Gasteiger partial charge in [0.15, 0.2) is 0 Å². The van der Waals surface area contributed by atoms with Gasteiger partial charge < -0.3 is 19.9 Å². The van der Waals surface area contributed by atoms with E-state index >= 15 is 0 Å². The molecule has 0 aliphatic carbocycles. The Labute approximate surface area is 177 Å². The van der Waals surface area contributed by atoms with Crippen LogP contribution in [-0.4, -0.2) is 34.2 Å². The van der Waals surface area contributed by atoms with Crippen LogP contribution < -0.4 is 14.8 Å². The highest BCUT2D eigenvalue weighted by atomic mass is 35.5. The molecule has 1 aromatic heterocycles. The molecule has 29 heavy (non-hydrogen) atoms. The van der Waals surface area contributed by atoms with Gasteiger partial charge in [-0.2, -0.15) is 0 Å². The molecule has 2 N–H and O–H groups in total. The highest BCUT2D eigenvalue weighted by Crippen LogP contribution is 2.24. The number of nitrogens with one attached hydrogen (secondary N) is 1. The molecule has 2 aromatic carbocycles. The first kappa shape index (κ1) is 20.7. The van der Waals surface area contributed by atoms with Crippen molar-refractivity contribution in [2.45, 2.75) is 6.61 Å². The van der Waals surface area contributed by atoms with Gasteiger partial charge in [0, 0.05) is 11.2 Å². The maximum atomic E-state index is 11.4. The molecule has 0 atom stereocenters. The first-order valence-corrected chi connectivity index (χ1v) is 9.37. The molecular weight excluding hydrogens is 417 g/mol. The minimum atomic E-state index is -1.14. The summed E-state index contributed by atoms with van der Waals surface area (Å²) in [4.78, 5) is 19.7. The summed E-state index contributed by atoms with van der Waals surface area (Å²) in [5, 5.41) is 13.4. The first-order valence-electron chi connectivity index (χ1n) is 8.61. The summed E-state index contributed by atoms with van der Waals surface area (Å²) < 4.78 is 11.2. The molecule has 0 saturated carbocycles. The van der Waals surface area contributed by atoms with Gasteiger partial charge in [0.1, 0.15) is 30.3 Å². The van der Waals surface area contributed by atoms with Gasteiger partial charge in [0.05, 0.1) is 17.3 Å². The molecule has 3 aromatic rings. The van der Waals surface area contributed by atoms with E-state index in [4.69, 9.17) is 32.7 Å². The number of hydrogen-bond acceptors (Lipinski definition) is 6. The van der Waals surface area contributed by atoms with Gasteiger partial charge in [0.2, 0.25) is 5.95 Å². The van der Waals surface area contributed by atoms with Crippen LogP contribution in [0.5, 0.6) is 11.5 Å². The van der Waals surface area contributed by atoms with E-state index in [1.54, 1.807) is 48.5 Å². The van der Waals surface area contributed by atoms with E-state index in [1.165, 1.54) is 6.20 Å². The number of aromatic nitrogens is 2. The molecule has 9 heteroatoms. The smallest absolute Gasteiger partial charge is 0.339 e. The van der Waals surface area contributed by atoms with Crippen molar-refractivity contribution < 1.29 is 19.4 Å². The number of rotatable bonds is 9. The van der Waals surface area contributed by atoms with Crippen LogP contribution >= 0.6 is 23.2 Å². The molecule has 1 heterocycles. The summed E-state index contributed by atoms with van der Waals surface area (Å²) in [6.45, 7) is 0.709. The number of carbonyl (C=O) groups is 1. The van der Waals surface area contributed by atoms with Crippen molar-refractivity contribution >= 4 is 35.1 Å². The van der Waals surface area contributed by atoms with Gasteiger partial charge in [-0.05, 0) is 36.4 Å². The summed E-state index contributed by atoms with van der Waals surface area (Å²) in [6, 6.07) is 13.9. The van der Waals surface area contributed by atoms with E-state index in [1.807, 2.05) is 0 Å². The molecule has 3 rings (SSSR count). The largest absolute Gasteiger partial charge is 0.492 e. The Morgan fingerprint density at radius 3 is 2.55 bits per heavy atom. The summed E-state index contributed by atoms with van der Waals surface area (Å²) in [5.41, 5.74) is 0.188. The monoisotopic (exact) mass is 433 g/mol. The highest BCUT2D eigenvalue weighted by Gasteiger charge is 2.15. The molecule has 150 valence electrons. The van der Waals surface area contributed by atoms with Crippen LogP contribution in [0.2, 0.25) is 10.0 Å². The molecule has 0 saturated heterocycles. The van der Waals surface area contributed by atoms with Crippen LogP contribution in [0.25, 0.3) is 0 Å². The van der Waals surface area contributed by atoms with Crippen LogP contribution in [0.1, 0.15) is 16.1 Å². The number of anilines is 1. The van der Waals surface area contributed by atoms with E-state index in [0.717, 1.165) is 0 Å². The molecule has 0 aliphatic rings. The summed E-state index contributed by atoms with van der Waals surface area (Å²) in [7, 11) is 0. The molecule has 0 amide bonds. The van der Waals surface area contributed by atoms with Gasteiger partial charge in [-0.15, -0.1) is 0 Å². The van der Waals surface area contributed by atoms with Gasteiger partial charge >= 0.3 is 5.97 Å². The number of para-hydroxylation sites is 1. The van der Waals surface area contributed by atoms with E-state index in [2.05, 4.69) is 15.3 Å². The Morgan fingerprint density at radius 1 is 1.07 bits per heavy atom. The summed E-state index contributed by atoms with van der Waals surface area (Å²) in [6.07, 6.45) is 1.24. The van der Waals surface area contributed by atoms with Crippen LogP contribution in [0, 0.1) is 0 Å². The summed E-state index contributed by atoms with van der Waals surface area (Å²) in [5.74, 6) is 0.259. The third-order valence-corrected chi connectivity index (χ3v) is 4.33. The summed E-state index contributed by atoms with van der Waals surface area (Å²) >= 11 is 11.9. The van der Waals surface area contributed by atoms with Crippen molar-refractivity contribution in [3.05, 3.63) is 76.0 Å². The number of ether oxygens (including phenoxy) is 2. The lowest BCUT2D eigenvalue weighted by atomic mass is 10.2. The molecular formula is C20H17Cl2N3O4. The zero-order chi connectivity index (χ0) is 20.6. The molecule has 0 bridgehead atoms. The molecule has 0 aliphatic heterocycles. The SMILES string of the molecule is O=C(O)c1cnc(NCCOc2ccc(Cl)cc2)nc1COc1ccccc1Cl. The number of aromatic carboxylic acids is 1. The fraction of sp³-hybridized carbons (Fsp3) is 0.150. The van der Waals surface area contributed by atoms with E-state index in [0.29, 0.717) is 34.7 Å². The minimum absolute atomic E-state index is 0.0417. The Kier molecular flexibility index (Phi) is 7.10. The standard InChI is InChI=1S/C20H17Cl2N3O4/c21-13-5-7-14(8-6-13)28-10-9-23-20-24-11-15(19(26)27)17(25-20)12-29-18-4-2-1-3-16(18)22/h1-8,11H,9-10,12H2,(H,26,27)(H,23,24,25). The predicted octanol–water partition coefficient (Wildman–Crippen LogP) is 4.55. The number of carboxylic acid groups (broad SMARTS) is 1. The predicted molar refractivity (Wildman–Crippen MR) is 110 cm³/mol. The Bertz CT molecular complexity index is 984. The Balaban J connectivity index is 1.60. The second kappa shape index (κ2) is 9.95. The van der Waals surface area contributed by atoms with Crippen molar-refractivity contribution in [3.8, 4) is 11.5 Å². The maximum Gasteiger partial charge on any atom is 0.339 e. The van der Waals surface area contributed by atoms with Gasteiger partial charge in [-0.1, -0.05) is 35.3 Å². The van der Waals surface area contributed by atoms with Crippen molar-refractivity contribution in [1.82, 2.24) is 9.97 Å². The number of benzene rings is 2. The van der Waals surface area contributed by atoms with Crippen LogP contribution in [0.15, 0.2) is 54.7 Å². The van der Waals surface area contributed by atoms with Crippen molar-refractivity contribution in [2.75, 3.05) is 18.5 Å². The molecule has 0 spiro atoms. The fourth-order valence-electron chi connectivity index (χ4n) is 2.36. The number of nitrogens with zero attached hydrogens (tertiary/aromatic N) is 2. The van der Waals surface area contributed by atoms with Crippen molar-refractivity contribution in [1.29, 1.82) is 0 Å². The number of hydrogen-bond donors (Lipinski definition) is 2. The van der Waals surface area contributed by atoms with Crippen molar-refractivity contribution in [3.63, 3.8) is 0 Å². The average Bonchev–Trinajstić information content (AvgIpc) is 2.72. The Hall–Kier alpha value is -3.03. The molecule has 0 unspecified atom stereocenters. The Morgan fingerprint density at radius 2 is 1.83 bits per heavy atom. The van der Waals surface area contributed by atoms with Crippen LogP contribution in [0.3, 0.4) is 0 Å². The zero-order valence-electron chi connectivity index (χ0n) is 15.1. The zero-order valence-corrected chi connectivity index (χ0v) is 16.7. The average molecular weight is 434 g/mol. The number of halogens is 2. The third kappa shape index (κ3) is 5.97. The maximum absolute atomic E-state index is 11.4. The molecule has 7 nitrogen and oxygen atoms in total.